The van der Waals surface area contributed by atoms with E-state index in [0.717, 1.165) is 11.9 Å². The van der Waals surface area contributed by atoms with Crippen LogP contribution in [0.3, 0.4) is 0 Å². The molecular weight excluding hydrogens is 497 g/mol. The lowest BCUT2D eigenvalue weighted by molar-refractivity contribution is -0.140. The highest BCUT2D eigenvalue weighted by Crippen LogP contribution is 2.35. The Bertz CT molecular complexity index is 901. The number of halogens is 5. The van der Waals surface area contributed by atoms with Crippen molar-refractivity contribution in [2.45, 2.75) is 32.1 Å². The Morgan fingerprint density at radius 2 is 2.11 bits per heavy atom. The highest BCUT2D eigenvalue weighted by Gasteiger charge is 2.37. The molecule has 28 heavy (non-hydrogen) atoms. The molecular formula is C17H16F4IN3O3. The Hall–Kier alpha value is -2.05. The van der Waals surface area contributed by atoms with Crippen LogP contribution >= 0.6 is 22.6 Å². The second-order valence-corrected chi connectivity index (χ2v) is 7.17. The van der Waals surface area contributed by atoms with Gasteiger partial charge in [-0.1, -0.05) is 6.92 Å². The van der Waals surface area contributed by atoms with Crippen molar-refractivity contribution in [2.24, 2.45) is 0 Å². The highest BCUT2D eigenvalue weighted by atomic mass is 127. The molecule has 0 aliphatic carbocycles. The van der Waals surface area contributed by atoms with Crippen molar-refractivity contribution in [1.82, 2.24) is 14.5 Å². The van der Waals surface area contributed by atoms with E-state index >= 15 is 0 Å². The molecule has 11 heteroatoms. The van der Waals surface area contributed by atoms with Crippen LogP contribution in [0.2, 0.25) is 0 Å². The number of carboxylic acid groups (broad SMARTS) is 1. The lowest BCUT2D eigenvalue weighted by atomic mass is 10.1. The maximum Gasteiger partial charge on any atom is 0.419 e. The van der Waals surface area contributed by atoms with Crippen LogP contribution in [-0.2, 0) is 19.1 Å². The fourth-order valence-electron chi connectivity index (χ4n) is 3.21. The minimum absolute atomic E-state index is 0.193. The number of hydrogen-bond donors (Lipinski definition) is 1. The van der Waals surface area contributed by atoms with Crippen molar-refractivity contribution >= 4 is 28.7 Å². The molecule has 0 saturated carbocycles. The van der Waals surface area contributed by atoms with Gasteiger partial charge < -0.3 is 14.4 Å². The lowest BCUT2D eigenvalue weighted by Gasteiger charge is -2.35. The number of rotatable bonds is 4. The highest BCUT2D eigenvalue weighted by molar-refractivity contribution is 14.1. The van der Waals surface area contributed by atoms with Gasteiger partial charge in [0.15, 0.2) is 0 Å². The minimum atomic E-state index is -4.86. The molecule has 6 nitrogen and oxygen atoms in total. The molecule has 0 saturated heterocycles. The van der Waals surface area contributed by atoms with E-state index in [2.05, 4.69) is 4.98 Å². The summed E-state index contributed by atoms with van der Waals surface area (Å²) in [4.78, 5) is 17.3. The predicted octanol–water partition coefficient (Wildman–Crippen LogP) is 4.32. The Balaban J connectivity index is 1.90. The number of benzene rings is 1. The smallest absolute Gasteiger partial charge is 0.419 e. The van der Waals surface area contributed by atoms with Crippen LogP contribution in [0, 0.1) is 9.52 Å². The molecule has 0 radical (unpaired) electrons. The number of aryl methyl sites for hydroxylation is 1. The molecule has 0 fully saturated rings. The summed E-state index contributed by atoms with van der Waals surface area (Å²) in [6, 6.07) is 1.59. The van der Waals surface area contributed by atoms with Crippen LogP contribution in [0.25, 0.3) is 0 Å². The summed E-state index contributed by atoms with van der Waals surface area (Å²) < 4.78 is 60.1. The fourth-order valence-corrected chi connectivity index (χ4v) is 4.14. The van der Waals surface area contributed by atoms with E-state index in [0.29, 0.717) is 34.5 Å². The van der Waals surface area contributed by atoms with Crippen LogP contribution < -0.4 is 4.74 Å². The van der Waals surface area contributed by atoms with Gasteiger partial charge in [0.25, 0.3) is 0 Å². The first-order valence-corrected chi connectivity index (χ1v) is 9.45. The summed E-state index contributed by atoms with van der Waals surface area (Å²) in [5, 5.41) is 9.51. The van der Waals surface area contributed by atoms with E-state index in [1.54, 1.807) is 0 Å². The summed E-state index contributed by atoms with van der Waals surface area (Å²) in [5.41, 5.74) is -0.791. The molecule has 1 aliphatic rings. The van der Waals surface area contributed by atoms with Gasteiger partial charge >= 0.3 is 12.3 Å². The molecule has 1 aliphatic heterocycles. The number of carbonyl (C=O) groups is 1. The molecule has 1 aromatic carbocycles. The predicted molar refractivity (Wildman–Crippen MR) is 98.7 cm³/mol. The average Bonchev–Trinajstić information content (AvgIpc) is 2.96. The van der Waals surface area contributed by atoms with Crippen LogP contribution in [0.15, 0.2) is 18.2 Å². The van der Waals surface area contributed by atoms with Crippen molar-refractivity contribution in [3.8, 4) is 5.75 Å². The van der Waals surface area contributed by atoms with Gasteiger partial charge in [0.1, 0.15) is 33.7 Å². The molecule has 1 amide bonds. The molecule has 2 heterocycles. The molecule has 1 atom stereocenters. The maximum atomic E-state index is 13.4. The molecule has 0 bridgehead atoms. The molecule has 1 aromatic heterocycles. The van der Waals surface area contributed by atoms with Crippen molar-refractivity contribution in [3.05, 3.63) is 44.8 Å². The largest absolute Gasteiger partial charge is 0.491 e. The number of ether oxygens (including phenoxy) is 1. The first kappa shape index (κ1) is 20.7. The quantitative estimate of drug-likeness (QED) is 0.489. The Kier molecular flexibility index (Phi) is 5.73. The van der Waals surface area contributed by atoms with E-state index in [1.807, 2.05) is 34.1 Å². The van der Waals surface area contributed by atoms with E-state index in [1.165, 1.54) is 4.90 Å². The second kappa shape index (κ2) is 7.76. The monoisotopic (exact) mass is 513 g/mol. The number of nitrogens with zero attached hydrogens (tertiary/aromatic N) is 3. The van der Waals surface area contributed by atoms with E-state index in [4.69, 9.17) is 4.74 Å². The summed E-state index contributed by atoms with van der Waals surface area (Å²) >= 11 is 2.01. The normalized spacial score (nSPS) is 16.8. The van der Waals surface area contributed by atoms with E-state index in [9.17, 15) is 27.5 Å². The molecule has 152 valence electrons. The molecule has 1 N–H and O–H groups in total. The molecule has 2 aromatic rings. The summed E-state index contributed by atoms with van der Waals surface area (Å²) in [6.07, 6.45) is -5.36. The summed E-state index contributed by atoms with van der Waals surface area (Å²) in [7, 11) is 0. The van der Waals surface area contributed by atoms with Gasteiger partial charge in [-0.05, 0) is 40.8 Å². The zero-order valence-electron chi connectivity index (χ0n) is 14.6. The summed E-state index contributed by atoms with van der Waals surface area (Å²) in [5.74, 6) is -0.790. The van der Waals surface area contributed by atoms with Crippen LogP contribution in [0.4, 0.5) is 22.4 Å². The van der Waals surface area contributed by atoms with Crippen molar-refractivity contribution in [3.63, 3.8) is 0 Å². The van der Waals surface area contributed by atoms with Gasteiger partial charge in [0, 0.05) is 19.5 Å². The minimum Gasteiger partial charge on any atom is -0.491 e. The zero-order chi connectivity index (χ0) is 20.6. The SMILES string of the molecule is CCc1nc(I)c2n1CCN(C(=O)O)C2COc1ccc(F)c(C(F)(F)F)c1. The molecule has 0 spiro atoms. The fraction of sp³-hybridized carbons (Fsp3) is 0.412. The van der Waals surface area contributed by atoms with E-state index < -0.39 is 29.7 Å². The van der Waals surface area contributed by atoms with Gasteiger partial charge in [-0.2, -0.15) is 13.2 Å². The number of amides is 1. The molecule has 3 rings (SSSR count). The zero-order valence-corrected chi connectivity index (χ0v) is 16.8. The van der Waals surface area contributed by atoms with Crippen molar-refractivity contribution in [2.75, 3.05) is 13.2 Å². The third-order valence-electron chi connectivity index (χ3n) is 4.51. The first-order chi connectivity index (χ1) is 13.1. The number of imidazole rings is 1. The van der Waals surface area contributed by atoms with Gasteiger partial charge in [-0.3, -0.25) is 4.90 Å². The topological polar surface area (TPSA) is 67.6 Å². The molecule has 1 unspecified atom stereocenters. The number of fused-ring (bicyclic) bond motifs is 1. The van der Waals surface area contributed by atoms with Gasteiger partial charge in [-0.15, -0.1) is 0 Å². The standard InChI is InChI=1S/C17H16F4IN3O3/c1-2-13-23-15(22)14-12(24(16(26)27)5-6-25(13)14)8-28-9-3-4-11(18)10(7-9)17(19,20)21/h3-4,7,12H,2,5-6,8H2,1H3,(H,26,27). The number of aromatic nitrogens is 2. The third-order valence-corrected chi connectivity index (χ3v) is 5.30. The second-order valence-electron chi connectivity index (χ2n) is 6.15. The number of hydrogen-bond acceptors (Lipinski definition) is 3. The van der Waals surface area contributed by atoms with E-state index in [-0.39, 0.29) is 18.9 Å². The van der Waals surface area contributed by atoms with Crippen LogP contribution in [-0.4, -0.2) is 38.8 Å². The summed E-state index contributed by atoms with van der Waals surface area (Å²) in [6.45, 7) is 2.34. The van der Waals surface area contributed by atoms with Crippen molar-refractivity contribution in [1.29, 1.82) is 0 Å². The Morgan fingerprint density at radius 1 is 1.39 bits per heavy atom. The lowest BCUT2D eigenvalue weighted by Crippen LogP contribution is -2.44. The Morgan fingerprint density at radius 3 is 2.71 bits per heavy atom. The Labute approximate surface area is 171 Å². The number of alkyl halides is 3. The van der Waals surface area contributed by atoms with Crippen molar-refractivity contribution < 1.29 is 32.2 Å². The maximum absolute atomic E-state index is 13.4. The first-order valence-electron chi connectivity index (χ1n) is 8.37. The van der Waals surface area contributed by atoms with Crippen LogP contribution in [0.1, 0.15) is 30.0 Å². The van der Waals surface area contributed by atoms with Gasteiger partial charge in [0.05, 0.1) is 11.3 Å². The van der Waals surface area contributed by atoms with Gasteiger partial charge in [0.2, 0.25) is 0 Å². The average molecular weight is 513 g/mol. The van der Waals surface area contributed by atoms with Gasteiger partial charge in [-0.25, -0.2) is 14.2 Å². The third kappa shape index (κ3) is 3.89. The van der Waals surface area contributed by atoms with Crippen LogP contribution in [0.5, 0.6) is 5.75 Å².